The van der Waals surface area contributed by atoms with Gasteiger partial charge in [0.1, 0.15) is 24.4 Å². The molecule has 1 aliphatic heterocycles. The van der Waals surface area contributed by atoms with Crippen LogP contribution in [0.3, 0.4) is 0 Å². The minimum Gasteiger partial charge on any atom is -0.394 e. The van der Waals surface area contributed by atoms with Crippen molar-refractivity contribution in [2.75, 3.05) is 26.4 Å². The smallest absolute Gasteiger partial charge is 0.187 e. The highest BCUT2D eigenvalue weighted by atomic mass is 16.7. The molecule has 0 amide bonds. The summed E-state index contributed by atoms with van der Waals surface area (Å²) in [5.41, 5.74) is 0.375. The molecule has 0 aromatic heterocycles. The van der Waals surface area contributed by atoms with Gasteiger partial charge in [-0.2, -0.15) is 0 Å². The zero-order valence-corrected chi connectivity index (χ0v) is 10.3. The summed E-state index contributed by atoms with van der Waals surface area (Å²) in [6.45, 7) is -1.27. The molecule has 5 atom stereocenters. The summed E-state index contributed by atoms with van der Waals surface area (Å²) in [4.78, 5) is 0. The monoisotopic (exact) mass is 280 g/mol. The molecule has 0 aromatic carbocycles. The second-order valence-corrected chi connectivity index (χ2v) is 4.21. The molecular weight excluding hydrogens is 260 g/mol. The summed E-state index contributed by atoms with van der Waals surface area (Å²) < 4.78 is 10.3. The maximum atomic E-state index is 9.66. The Morgan fingerprint density at radius 2 is 1.74 bits per heavy atom. The van der Waals surface area contributed by atoms with Gasteiger partial charge in [-0.3, -0.25) is 0 Å². The zero-order valence-electron chi connectivity index (χ0n) is 10.3. The van der Waals surface area contributed by atoms with Crippen molar-refractivity contribution in [1.82, 2.24) is 0 Å². The number of aliphatic hydroxyl groups is 6. The predicted molar refractivity (Wildman–Crippen MR) is 62.0 cm³/mol. The largest absolute Gasteiger partial charge is 0.394 e. The molecule has 19 heavy (non-hydrogen) atoms. The molecule has 0 bridgehead atoms. The molecule has 1 aliphatic rings. The summed E-state index contributed by atoms with van der Waals surface area (Å²) in [6, 6.07) is 0. The highest BCUT2D eigenvalue weighted by molar-refractivity contribution is 5.02. The normalized spacial score (nSPS) is 36.5. The molecule has 1 fully saturated rings. The summed E-state index contributed by atoms with van der Waals surface area (Å²) in [6.07, 6.45) is -5.37. The molecule has 0 saturated carbocycles. The van der Waals surface area contributed by atoms with Crippen LogP contribution < -0.4 is 0 Å². The van der Waals surface area contributed by atoms with Crippen LogP contribution in [0.4, 0.5) is 0 Å². The van der Waals surface area contributed by atoms with Crippen molar-refractivity contribution < 1.29 is 40.1 Å². The highest BCUT2D eigenvalue weighted by Crippen LogP contribution is 2.22. The third-order valence-corrected chi connectivity index (χ3v) is 2.86. The molecule has 8 heteroatoms. The SMILES string of the molecule is OCC=C(CO)COC1OC(CO)C(O)C(O)C1O. The first kappa shape index (κ1) is 16.5. The van der Waals surface area contributed by atoms with Gasteiger partial charge in [0.05, 0.1) is 26.4 Å². The topological polar surface area (TPSA) is 140 Å². The molecule has 5 unspecified atom stereocenters. The van der Waals surface area contributed by atoms with E-state index in [0.717, 1.165) is 0 Å². The Bertz CT molecular complexity index is 292. The van der Waals surface area contributed by atoms with Crippen LogP contribution in [0.25, 0.3) is 0 Å². The maximum Gasteiger partial charge on any atom is 0.187 e. The Hall–Kier alpha value is -0.580. The third kappa shape index (κ3) is 4.20. The molecule has 0 radical (unpaired) electrons. The van der Waals surface area contributed by atoms with Crippen LogP contribution in [0.15, 0.2) is 11.6 Å². The van der Waals surface area contributed by atoms with Gasteiger partial charge in [-0.15, -0.1) is 0 Å². The lowest BCUT2D eigenvalue weighted by molar-refractivity contribution is -0.299. The summed E-state index contributed by atoms with van der Waals surface area (Å²) in [7, 11) is 0. The predicted octanol–water partition coefficient (Wildman–Crippen LogP) is -3.29. The molecule has 8 nitrogen and oxygen atoms in total. The van der Waals surface area contributed by atoms with Crippen LogP contribution in [0.5, 0.6) is 0 Å². The number of ether oxygens (including phenoxy) is 2. The summed E-state index contributed by atoms with van der Waals surface area (Å²) >= 11 is 0. The van der Waals surface area contributed by atoms with Crippen molar-refractivity contribution in [2.45, 2.75) is 30.7 Å². The van der Waals surface area contributed by atoms with E-state index >= 15 is 0 Å². The molecule has 0 aliphatic carbocycles. The van der Waals surface area contributed by atoms with Crippen LogP contribution in [-0.2, 0) is 9.47 Å². The van der Waals surface area contributed by atoms with Crippen molar-refractivity contribution in [2.24, 2.45) is 0 Å². The minimum atomic E-state index is -1.50. The number of aliphatic hydroxyl groups excluding tert-OH is 6. The van der Waals surface area contributed by atoms with Crippen molar-refractivity contribution in [3.8, 4) is 0 Å². The highest BCUT2D eigenvalue weighted by Gasteiger charge is 2.43. The number of hydrogen-bond acceptors (Lipinski definition) is 8. The van der Waals surface area contributed by atoms with E-state index in [9.17, 15) is 15.3 Å². The van der Waals surface area contributed by atoms with Gasteiger partial charge in [0, 0.05) is 0 Å². The molecule has 1 rings (SSSR count). The van der Waals surface area contributed by atoms with E-state index < -0.39 is 37.3 Å². The quantitative estimate of drug-likeness (QED) is 0.278. The molecule has 0 spiro atoms. The van der Waals surface area contributed by atoms with Crippen LogP contribution in [0.1, 0.15) is 0 Å². The van der Waals surface area contributed by atoms with Crippen LogP contribution in [0.2, 0.25) is 0 Å². The Labute approximate surface area is 110 Å². The fourth-order valence-corrected chi connectivity index (χ4v) is 1.69. The molecule has 1 saturated heterocycles. The Kier molecular flexibility index (Phi) is 6.83. The first-order valence-electron chi connectivity index (χ1n) is 5.86. The van der Waals surface area contributed by atoms with Crippen molar-refractivity contribution in [3.63, 3.8) is 0 Å². The molecule has 1 heterocycles. The zero-order chi connectivity index (χ0) is 14.4. The Balaban J connectivity index is 2.59. The average molecular weight is 280 g/mol. The summed E-state index contributed by atoms with van der Waals surface area (Å²) in [5.74, 6) is 0. The van der Waals surface area contributed by atoms with E-state index in [0.29, 0.717) is 5.57 Å². The molecule has 0 aromatic rings. The second-order valence-electron chi connectivity index (χ2n) is 4.21. The van der Waals surface area contributed by atoms with E-state index in [1.807, 2.05) is 0 Å². The van der Waals surface area contributed by atoms with Gasteiger partial charge in [-0.25, -0.2) is 0 Å². The van der Waals surface area contributed by atoms with Crippen LogP contribution in [0, 0.1) is 0 Å². The van der Waals surface area contributed by atoms with Crippen LogP contribution in [-0.4, -0.2) is 87.8 Å². The van der Waals surface area contributed by atoms with Gasteiger partial charge in [-0.05, 0) is 5.57 Å². The lowest BCUT2D eigenvalue weighted by Gasteiger charge is -2.39. The molecule has 112 valence electrons. The van der Waals surface area contributed by atoms with Gasteiger partial charge < -0.3 is 40.1 Å². The maximum absolute atomic E-state index is 9.66. The lowest BCUT2D eigenvalue weighted by Crippen LogP contribution is -2.59. The standard InChI is InChI=1S/C11H20O8/c12-2-1-6(3-13)5-18-11-10(17)9(16)8(15)7(4-14)19-11/h1,7-17H,2-5H2. The molecule has 6 N–H and O–H groups in total. The molecular formula is C11H20O8. The lowest BCUT2D eigenvalue weighted by atomic mass is 9.99. The van der Waals surface area contributed by atoms with Crippen molar-refractivity contribution in [1.29, 1.82) is 0 Å². The first-order valence-corrected chi connectivity index (χ1v) is 5.86. The second kappa shape index (κ2) is 7.88. The van der Waals surface area contributed by atoms with Gasteiger partial charge in [-0.1, -0.05) is 6.08 Å². The van der Waals surface area contributed by atoms with Gasteiger partial charge >= 0.3 is 0 Å². The van der Waals surface area contributed by atoms with Gasteiger partial charge in [0.2, 0.25) is 0 Å². The minimum absolute atomic E-state index is 0.125. The Morgan fingerprint density at radius 3 is 2.26 bits per heavy atom. The fourth-order valence-electron chi connectivity index (χ4n) is 1.69. The van der Waals surface area contributed by atoms with Gasteiger partial charge in [0.25, 0.3) is 0 Å². The van der Waals surface area contributed by atoms with E-state index in [4.69, 9.17) is 24.8 Å². The Morgan fingerprint density at radius 1 is 1.05 bits per heavy atom. The van der Waals surface area contributed by atoms with Crippen molar-refractivity contribution in [3.05, 3.63) is 11.6 Å². The number of rotatable bonds is 6. The van der Waals surface area contributed by atoms with Crippen LogP contribution >= 0.6 is 0 Å². The van der Waals surface area contributed by atoms with E-state index in [1.165, 1.54) is 6.08 Å². The van der Waals surface area contributed by atoms with Crippen molar-refractivity contribution >= 4 is 0 Å². The van der Waals surface area contributed by atoms with E-state index in [1.54, 1.807) is 0 Å². The fraction of sp³-hybridized carbons (Fsp3) is 0.818. The van der Waals surface area contributed by atoms with Gasteiger partial charge in [0.15, 0.2) is 6.29 Å². The average Bonchev–Trinajstić information content (AvgIpc) is 2.42. The third-order valence-electron chi connectivity index (χ3n) is 2.86. The summed E-state index contributed by atoms with van der Waals surface area (Å²) in [5, 5.41) is 55.3. The van der Waals surface area contributed by atoms with E-state index in [2.05, 4.69) is 0 Å². The number of hydrogen-bond donors (Lipinski definition) is 6. The first-order chi connectivity index (χ1) is 9.04. The van der Waals surface area contributed by atoms with E-state index in [-0.39, 0.29) is 19.8 Å².